The van der Waals surface area contributed by atoms with Crippen LogP contribution >= 0.6 is 11.6 Å². The maximum atomic E-state index is 13.2. The Bertz CT molecular complexity index is 854. The third kappa shape index (κ3) is 3.35. The van der Waals surface area contributed by atoms with Crippen LogP contribution in [0.5, 0.6) is 0 Å². The summed E-state index contributed by atoms with van der Waals surface area (Å²) in [5, 5.41) is 13.2. The summed E-state index contributed by atoms with van der Waals surface area (Å²) in [6.07, 6.45) is 13.8. The number of rotatable bonds is 3. The molecule has 0 radical (unpaired) electrons. The predicted octanol–water partition coefficient (Wildman–Crippen LogP) is 5.26. The van der Waals surface area contributed by atoms with Crippen LogP contribution in [0, 0.1) is 52.2 Å². The van der Waals surface area contributed by atoms with Crippen LogP contribution in [0.1, 0.15) is 64.7 Å². The van der Waals surface area contributed by atoms with E-state index in [2.05, 4.69) is 18.2 Å². The SMILES string of the molecule is C[C@]12CC[C@H]3[C@@H](CC[C@@H]4C[C@@](O)(C#CCl)CC[C@@H]43)[C@@H]1CC[C@@H]2C(=O)Cn1cccc1. The lowest BCUT2D eigenvalue weighted by Gasteiger charge is -2.56. The quantitative estimate of drug-likeness (QED) is 0.669. The summed E-state index contributed by atoms with van der Waals surface area (Å²) in [5.74, 6) is 7.07. The van der Waals surface area contributed by atoms with Crippen molar-refractivity contribution in [3.8, 4) is 11.3 Å². The van der Waals surface area contributed by atoms with E-state index in [0.29, 0.717) is 24.2 Å². The van der Waals surface area contributed by atoms with Gasteiger partial charge in [0.2, 0.25) is 0 Å². The Kier molecular flexibility index (Phi) is 5.31. The van der Waals surface area contributed by atoms with Crippen LogP contribution in [0.2, 0.25) is 0 Å². The van der Waals surface area contributed by atoms with Gasteiger partial charge in [-0.1, -0.05) is 12.8 Å². The third-order valence-corrected chi connectivity index (χ3v) is 9.78. The summed E-state index contributed by atoms with van der Waals surface area (Å²) < 4.78 is 2.03. The molecule has 4 aliphatic carbocycles. The number of halogens is 1. The molecule has 4 fully saturated rings. The lowest BCUT2D eigenvalue weighted by atomic mass is 9.49. The highest BCUT2D eigenvalue weighted by atomic mass is 35.5. The van der Waals surface area contributed by atoms with E-state index in [0.717, 1.165) is 43.4 Å². The molecule has 0 unspecified atom stereocenters. The fraction of sp³-hybridized carbons (Fsp3) is 0.731. The number of hydrogen-bond donors (Lipinski definition) is 1. The first-order valence-corrected chi connectivity index (χ1v) is 12.3. The van der Waals surface area contributed by atoms with Gasteiger partial charge in [0, 0.05) is 23.7 Å². The molecule has 0 bridgehead atoms. The largest absolute Gasteiger partial charge is 0.378 e. The molecule has 1 aromatic rings. The molecule has 1 N–H and O–H groups in total. The molecular weight excluding hydrogens is 394 g/mol. The second-order valence-electron chi connectivity index (χ2n) is 10.9. The van der Waals surface area contributed by atoms with E-state index in [1.807, 2.05) is 29.1 Å². The van der Waals surface area contributed by atoms with E-state index < -0.39 is 5.60 Å². The number of carbonyl (C=O) groups excluding carboxylic acids is 1. The van der Waals surface area contributed by atoms with Crippen molar-refractivity contribution in [1.29, 1.82) is 0 Å². The van der Waals surface area contributed by atoms with Gasteiger partial charge < -0.3 is 9.67 Å². The van der Waals surface area contributed by atoms with Gasteiger partial charge in [0.25, 0.3) is 0 Å². The lowest BCUT2D eigenvalue weighted by Crippen LogP contribution is -2.51. The number of aliphatic hydroxyl groups is 1. The molecule has 0 aromatic carbocycles. The molecule has 1 aromatic heterocycles. The summed E-state index contributed by atoms with van der Waals surface area (Å²) in [6.45, 7) is 2.96. The molecular formula is C26H34ClNO2. The van der Waals surface area contributed by atoms with E-state index in [-0.39, 0.29) is 11.3 Å². The van der Waals surface area contributed by atoms with Crippen LogP contribution in [-0.2, 0) is 11.3 Å². The highest BCUT2D eigenvalue weighted by molar-refractivity contribution is 6.30. The van der Waals surface area contributed by atoms with Crippen LogP contribution in [0.15, 0.2) is 24.5 Å². The van der Waals surface area contributed by atoms with Gasteiger partial charge in [-0.05, 0) is 117 Å². The van der Waals surface area contributed by atoms with Crippen LogP contribution < -0.4 is 0 Å². The zero-order valence-electron chi connectivity index (χ0n) is 18.0. The fourth-order valence-electron chi connectivity index (χ4n) is 8.37. The number of aromatic nitrogens is 1. The van der Waals surface area contributed by atoms with Crippen LogP contribution in [0.25, 0.3) is 0 Å². The maximum Gasteiger partial charge on any atom is 0.156 e. The average Bonchev–Trinajstić information content (AvgIpc) is 3.34. The Balaban J connectivity index is 1.31. The molecule has 4 heteroatoms. The molecule has 1 heterocycles. The van der Waals surface area contributed by atoms with E-state index in [1.165, 1.54) is 32.1 Å². The molecule has 0 aliphatic heterocycles. The second kappa shape index (κ2) is 7.72. The minimum Gasteiger partial charge on any atom is -0.378 e. The Morgan fingerprint density at radius 3 is 2.60 bits per heavy atom. The minimum absolute atomic E-state index is 0.178. The zero-order chi connectivity index (χ0) is 20.9. The van der Waals surface area contributed by atoms with Gasteiger partial charge in [-0.25, -0.2) is 0 Å². The number of fused-ring (bicyclic) bond motifs is 5. The van der Waals surface area contributed by atoms with Crippen molar-refractivity contribution >= 4 is 17.4 Å². The normalized spacial score (nSPS) is 44.9. The Morgan fingerprint density at radius 2 is 1.83 bits per heavy atom. The third-order valence-electron chi connectivity index (χ3n) is 9.68. The first-order chi connectivity index (χ1) is 14.4. The molecule has 4 saturated carbocycles. The Labute approximate surface area is 185 Å². The van der Waals surface area contributed by atoms with Gasteiger partial charge in [0.05, 0.1) is 6.54 Å². The molecule has 8 atom stereocenters. The molecule has 0 spiro atoms. The van der Waals surface area contributed by atoms with E-state index in [1.54, 1.807) is 0 Å². The molecule has 3 nitrogen and oxygen atoms in total. The molecule has 0 saturated heterocycles. The van der Waals surface area contributed by atoms with E-state index >= 15 is 0 Å². The number of nitrogens with zero attached hydrogens (tertiary/aromatic N) is 1. The average molecular weight is 428 g/mol. The first kappa shape index (κ1) is 20.7. The van der Waals surface area contributed by atoms with Crippen LogP contribution in [0.4, 0.5) is 0 Å². The Morgan fingerprint density at radius 1 is 1.07 bits per heavy atom. The predicted molar refractivity (Wildman–Crippen MR) is 119 cm³/mol. The standard InChI is InChI=1S/C26H34ClNO2/c1-25-10-8-20-19-9-11-26(30,12-13-27)16-18(19)4-5-21(20)22(25)6-7-23(25)24(29)17-28-14-2-3-15-28/h2-3,14-15,18-23,30H,4-11,16-17H2,1H3/t18-,19+,20-,21-,22+,23-,25+,26+/m1/s1. The number of ketones is 1. The molecule has 30 heavy (non-hydrogen) atoms. The van der Waals surface area contributed by atoms with Crippen molar-refractivity contribution in [2.24, 2.45) is 40.9 Å². The highest BCUT2D eigenvalue weighted by Gasteiger charge is 2.58. The van der Waals surface area contributed by atoms with Crippen molar-refractivity contribution in [2.75, 3.05) is 0 Å². The topological polar surface area (TPSA) is 42.2 Å². The number of carbonyl (C=O) groups is 1. The van der Waals surface area contributed by atoms with Gasteiger partial charge in [0.1, 0.15) is 5.60 Å². The van der Waals surface area contributed by atoms with E-state index in [4.69, 9.17) is 11.6 Å². The van der Waals surface area contributed by atoms with Crippen molar-refractivity contribution in [2.45, 2.75) is 76.9 Å². The summed E-state index contributed by atoms with van der Waals surface area (Å²) >= 11 is 5.62. The van der Waals surface area contributed by atoms with Crippen molar-refractivity contribution < 1.29 is 9.90 Å². The van der Waals surface area contributed by atoms with Crippen LogP contribution in [-0.4, -0.2) is 21.1 Å². The van der Waals surface area contributed by atoms with Crippen molar-refractivity contribution in [1.82, 2.24) is 4.57 Å². The smallest absolute Gasteiger partial charge is 0.156 e. The van der Waals surface area contributed by atoms with Gasteiger partial charge in [-0.15, -0.1) is 0 Å². The zero-order valence-corrected chi connectivity index (χ0v) is 18.8. The van der Waals surface area contributed by atoms with Gasteiger partial charge in [-0.2, -0.15) is 0 Å². The van der Waals surface area contributed by atoms with E-state index in [9.17, 15) is 9.90 Å². The molecule has 0 amide bonds. The summed E-state index contributed by atoms with van der Waals surface area (Å²) in [4.78, 5) is 13.2. The highest BCUT2D eigenvalue weighted by Crippen LogP contribution is 2.64. The van der Waals surface area contributed by atoms with Gasteiger partial charge >= 0.3 is 0 Å². The Hall–Kier alpha value is -1.24. The second-order valence-corrected chi connectivity index (χ2v) is 11.1. The molecule has 5 rings (SSSR count). The monoisotopic (exact) mass is 427 g/mol. The van der Waals surface area contributed by atoms with Crippen molar-refractivity contribution in [3.63, 3.8) is 0 Å². The maximum absolute atomic E-state index is 13.2. The van der Waals surface area contributed by atoms with Crippen molar-refractivity contribution in [3.05, 3.63) is 24.5 Å². The fourth-order valence-corrected chi connectivity index (χ4v) is 8.55. The molecule has 4 aliphatic rings. The summed E-state index contributed by atoms with van der Waals surface area (Å²) in [5.41, 5.74) is -0.694. The minimum atomic E-state index is -0.873. The summed E-state index contributed by atoms with van der Waals surface area (Å²) in [6, 6.07) is 4.00. The summed E-state index contributed by atoms with van der Waals surface area (Å²) in [7, 11) is 0. The number of hydrogen-bond acceptors (Lipinski definition) is 2. The van der Waals surface area contributed by atoms with Gasteiger partial charge in [0.15, 0.2) is 5.78 Å². The van der Waals surface area contributed by atoms with Crippen LogP contribution in [0.3, 0.4) is 0 Å². The number of Topliss-reactive ketones (excluding diaryl/α,β-unsaturated/α-hetero) is 1. The molecule has 162 valence electrons. The first-order valence-electron chi connectivity index (χ1n) is 11.9. The van der Waals surface area contributed by atoms with Gasteiger partial charge in [-0.3, -0.25) is 4.79 Å². The lowest BCUT2D eigenvalue weighted by molar-refractivity contribution is -0.132.